The summed E-state index contributed by atoms with van der Waals surface area (Å²) in [4.78, 5) is 27.6. The highest BCUT2D eigenvalue weighted by atomic mass is 35.5. The second kappa shape index (κ2) is 8.25. The van der Waals surface area contributed by atoms with Gasteiger partial charge in [0.15, 0.2) is 11.6 Å². The van der Waals surface area contributed by atoms with Gasteiger partial charge in [-0.25, -0.2) is 4.98 Å². The topological polar surface area (TPSA) is 123 Å². The number of carbonyl (C=O) groups is 1. The van der Waals surface area contributed by atoms with Crippen LogP contribution in [-0.2, 0) is 0 Å². The van der Waals surface area contributed by atoms with Crippen LogP contribution in [0.1, 0.15) is 16.8 Å². The number of hydrogen-bond donors (Lipinski definition) is 2. The zero-order valence-electron chi connectivity index (χ0n) is 16.6. The molecule has 1 aliphatic rings. The van der Waals surface area contributed by atoms with Gasteiger partial charge in [-0.2, -0.15) is 0 Å². The van der Waals surface area contributed by atoms with Crippen LogP contribution in [0, 0.1) is 0 Å². The second-order valence-electron chi connectivity index (χ2n) is 7.39. The zero-order valence-corrected chi connectivity index (χ0v) is 18.1. The summed E-state index contributed by atoms with van der Waals surface area (Å²) >= 11 is 12.6. The van der Waals surface area contributed by atoms with E-state index in [1.165, 1.54) is 6.20 Å². The lowest BCUT2D eigenvalue weighted by Crippen LogP contribution is -2.37. The van der Waals surface area contributed by atoms with Gasteiger partial charge in [-0.3, -0.25) is 14.8 Å². The van der Waals surface area contributed by atoms with Crippen LogP contribution in [0.25, 0.3) is 22.2 Å². The first kappa shape index (κ1) is 20.5. The van der Waals surface area contributed by atoms with Crippen molar-refractivity contribution in [1.82, 2.24) is 25.4 Å². The second-order valence-corrected chi connectivity index (χ2v) is 8.21. The fourth-order valence-electron chi connectivity index (χ4n) is 3.79. The van der Waals surface area contributed by atoms with Crippen molar-refractivity contribution in [1.29, 1.82) is 0 Å². The smallest absolute Gasteiger partial charge is 0.253 e. The molecule has 1 aromatic carbocycles. The highest BCUT2D eigenvalue weighted by molar-refractivity contribution is 6.36. The average Bonchev–Trinajstić information content (AvgIpc) is 3.42. The molecule has 0 unspecified atom stereocenters. The number of nitrogens with one attached hydrogen (secondary N) is 1. The molecule has 0 spiro atoms. The Kier molecular flexibility index (Phi) is 5.28. The molecule has 9 nitrogen and oxygen atoms in total. The Balaban J connectivity index is 1.30. The quantitative estimate of drug-likeness (QED) is 0.464. The summed E-state index contributed by atoms with van der Waals surface area (Å²) in [6.45, 7) is 1.22. The maximum absolute atomic E-state index is 12.9. The summed E-state index contributed by atoms with van der Waals surface area (Å²) in [6, 6.07) is 5.11. The number of hydrogen-bond acceptors (Lipinski definition) is 8. The molecule has 1 saturated heterocycles. The lowest BCUT2D eigenvalue weighted by atomic mass is 10.1. The highest BCUT2D eigenvalue weighted by Crippen LogP contribution is 2.35. The number of halogens is 2. The van der Waals surface area contributed by atoms with Gasteiger partial charge >= 0.3 is 0 Å². The Morgan fingerprint density at radius 1 is 1.19 bits per heavy atom. The van der Waals surface area contributed by atoms with E-state index in [1.807, 2.05) is 4.90 Å². The third kappa shape index (κ3) is 3.69. The lowest BCUT2D eigenvalue weighted by molar-refractivity contribution is 0.0940. The van der Waals surface area contributed by atoms with Crippen LogP contribution in [-0.4, -0.2) is 45.1 Å². The van der Waals surface area contributed by atoms with Gasteiger partial charge in [-0.1, -0.05) is 34.4 Å². The van der Waals surface area contributed by atoms with Gasteiger partial charge in [0, 0.05) is 43.3 Å². The number of anilines is 2. The Bertz CT molecular complexity index is 1310. The minimum Gasteiger partial charge on any atom is -0.380 e. The number of nitrogen functional groups attached to an aromatic ring is 1. The van der Waals surface area contributed by atoms with Crippen LogP contribution in [0.2, 0.25) is 10.0 Å². The largest absolute Gasteiger partial charge is 0.380 e. The molecule has 4 aromatic rings. The first-order valence-electron chi connectivity index (χ1n) is 9.82. The highest BCUT2D eigenvalue weighted by Gasteiger charge is 2.29. The lowest BCUT2D eigenvalue weighted by Gasteiger charge is -2.18. The number of fused-ring (bicyclic) bond motifs is 1. The predicted octanol–water partition coefficient (Wildman–Crippen LogP) is 3.58. The van der Waals surface area contributed by atoms with Crippen molar-refractivity contribution in [2.75, 3.05) is 23.7 Å². The molecule has 1 amide bonds. The molecule has 3 N–H and O–H groups in total. The number of pyridine rings is 1. The normalized spacial score (nSPS) is 15.9. The Morgan fingerprint density at radius 3 is 2.84 bits per heavy atom. The predicted molar refractivity (Wildman–Crippen MR) is 122 cm³/mol. The van der Waals surface area contributed by atoms with Crippen LogP contribution in [0.4, 0.5) is 11.6 Å². The number of carbonyl (C=O) groups excluding carboxylic acids is 1. The number of nitrogens with two attached hydrogens (primary N) is 1. The summed E-state index contributed by atoms with van der Waals surface area (Å²) in [6.07, 6.45) is 7.10. The minimum atomic E-state index is -0.245. The molecule has 162 valence electrons. The molecule has 4 heterocycles. The maximum atomic E-state index is 12.9. The third-order valence-corrected chi connectivity index (χ3v) is 5.96. The maximum Gasteiger partial charge on any atom is 0.253 e. The van der Waals surface area contributed by atoms with Gasteiger partial charge in [0.25, 0.3) is 5.91 Å². The van der Waals surface area contributed by atoms with Crippen LogP contribution >= 0.6 is 23.2 Å². The van der Waals surface area contributed by atoms with Crippen molar-refractivity contribution in [3.63, 3.8) is 0 Å². The molecule has 11 heteroatoms. The number of nitrogens with zero attached hydrogens (tertiary/aromatic N) is 5. The summed E-state index contributed by atoms with van der Waals surface area (Å²) in [7, 11) is 0. The van der Waals surface area contributed by atoms with Crippen molar-refractivity contribution in [3.05, 3.63) is 58.6 Å². The van der Waals surface area contributed by atoms with Crippen molar-refractivity contribution < 1.29 is 9.32 Å². The summed E-state index contributed by atoms with van der Waals surface area (Å²) < 4.78 is 5.34. The van der Waals surface area contributed by atoms with Gasteiger partial charge in [0.05, 0.1) is 32.9 Å². The van der Waals surface area contributed by atoms with E-state index >= 15 is 0 Å². The fourth-order valence-corrected chi connectivity index (χ4v) is 4.29. The van der Waals surface area contributed by atoms with E-state index in [4.69, 9.17) is 33.5 Å². The van der Waals surface area contributed by atoms with E-state index in [-0.39, 0.29) is 17.8 Å². The molecule has 1 atom stereocenters. The molecule has 5 rings (SSSR count). The Labute approximate surface area is 192 Å². The fraction of sp³-hybridized carbons (Fsp3) is 0.190. The van der Waals surface area contributed by atoms with Crippen LogP contribution in [0.5, 0.6) is 0 Å². The molecule has 1 fully saturated rings. The van der Waals surface area contributed by atoms with Gasteiger partial charge in [-0.15, -0.1) is 0 Å². The van der Waals surface area contributed by atoms with Crippen LogP contribution < -0.4 is 16.0 Å². The zero-order chi connectivity index (χ0) is 22.2. The van der Waals surface area contributed by atoms with Crippen molar-refractivity contribution in [3.8, 4) is 11.3 Å². The molecule has 0 saturated carbocycles. The van der Waals surface area contributed by atoms with E-state index in [1.54, 1.807) is 36.8 Å². The van der Waals surface area contributed by atoms with E-state index < -0.39 is 0 Å². The first-order chi connectivity index (χ1) is 15.5. The first-order valence-corrected chi connectivity index (χ1v) is 10.6. The Hall–Kier alpha value is -3.43. The summed E-state index contributed by atoms with van der Waals surface area (Å²) in [5.74, 6) is 0.569. The van der Waals surface area contributed by atoms with Gasteiger partial charge in [-0.05, 0) is 18.6 Å². The standard InChI is InChI=1S/C21H17Cl2N7O2/c22-14-7-11(16-9-25-4-5-26-16)1-2-13(14)21(31)28-12-3-6-30(10-12)20-18-17(15(23)8-27-20)19(24)29-32-18/h1-2,4-5,7-9,12H,3,6,10H2,(H2,24,29)(H,28,31)/t12-/m1/s1. The Morgan fingerprint density at radius 2 is 2.06 bits per heavy atom. The number of aromatic nitrogens is 4. The van der Waals surface area contributed by atoms with Crippen molar-refractivity contribution in [2.45, 2.75) is 12.5 Å². The molecule has 1 aliphatic heterocycles. The van der Waals surface area contributed by atoms with Crippen LogP contribution in [0.15, 0.2) is 47.5 Å². The van der Waals surface area contributed by atoms with E-state index in [0.29, 0.717) is 51.2 Å². The van der Waals surface area contributed by atoms with E-state index in [0.717, 1.165) is 12.0 Å². The molecular formula is C21H17Cl2N7O2. The van der Waals surface area contributed by atoms with E-state index in [9.17, 15) is 4.79 Å². The third-order valence-electron chi connectivity index (χ3n) is 5.36. The van der Waals surface area contributed by atoms with Gasteiger partial charge in [0.1, 0.15) is 0 Å². The number of benzene rings is 1. The molecule has 32 heavy (non-hydrogen) atoms. The molecule has 0 aliphatic carbocycles. The molecule has 3 aromatic heterocycles. The van der Waals surface area contributed by atoms with Crippen molar-refractivity contribution >= 4 is 51.7 Å². The van der Waals surface area contributed by atoms with Gasteiger partial charge < -0.3 is 20.5 Å². The van der Waals surface area contributed by atoms with E-state index in [2.05, 4.69) is 25.4 Å². The van der Waals surface area contributed by atoms with Crippen molar-refractivity contribution in [2.24, 2.45) is 0 Å². The minimum absolute atomic E-state index is 0.0916. The van der Waals surface area contributed by atoms with Gasteiger partial charge in [0.2, 0.25) is 5.58 Å². The molecule has 0 bridgehead atoms. The molecular weight excluding hydrogens is 453 g/mol. The number of amides is 1. The summed E-state index contributed by atoms with van der Waals surface area (Å²) in [5, 5.41) is 8.10. The monoisotopic (exact) mass is 469 g/mol. The number of rotatable bonds is 4. The molecule has 0 radical (unpaired) electrons. The van der Waals surface area contributed by atoms with Crippen LogP contribution in [0.3, 0.4) is 0 Å². The summed E-state index contributed by atoms with van der Waals surface area (Å²) in [5.41, 5.74) is 8.15. The average molecular weight is 470 g/mol. The SMILES string of the molecule is Nc1noc2c(N3CC[C@@H](NC(=O)c4ccc(-c5cnccn5)cc4Cl)C3)ncc(Cl)c12.